The lowest BCUT2D eigenvalue weighted by Crippen LogP contribution is -2.46. The third-order valence-electron chi connectivity index (χ3n) is 4.75. The molecule has 0 bridgehead atoms. The predicted octanol–water partition coefficient (Wildman–Crippen LogP) is 2.33. The van der Waals surface area contributed by atoms with E-state index in [0.29, 0.717) is 5.69 Å². The number of nitrogens with one attached hydrogen (secondary N) is 1. The molecule has 0 unspecified atom stereocenters. The van der Waals surface area contributed by atoms with Crippen LogP contribution in [-0.4, -0.2) is 61.2 Å². The number of hydrogen-bond acceptors (Lipinski definition) is 6. The van der Waals surface area contributed by atoms with Crippen molar-refractivity contribution in [3.63, 3.8) is 0 Å². The van der Waals surface area contributed by atoms with Crippen molar-refractivity contribution < 1.29 is 19.4 Å². The highest BCUT2D eigenvalue weighted by atomic mass is 16.5. The van der Waals surface area contributed by atoms with Crippen LogP contribution in [0, 0.1) is 0 Å². The Morgan fingerprint density at radius 1 is 1.07 bits per heavy atom. The van der Waals surface area contributed by atoms with Gasteiger partial charge in [0.05, 0.1) is 5.56 Å². The van der Waals surface area contributed by atoms with Gasteiger partial charge in [-0.3, -0.25) is 4.79 Å². The molecule has 0 saturated carbocycles. The van der Waals surface area contributed by atoms with Crippen molar-refractivity contribution in [2.24, 2.45) is 0 Å². The topological polar surface area (TPSA) is 82.1 Å². The van der Waals surface area contributed by atoms with E-state index in [4.69, 9.17) is 4.74 Å². The highest BCUT2D eigenvalue weighted by Crippen LogP contribution is 2.19. The summed E-state index contributed by atoms with van der Waals surface area (Å²) in [6.07, 6.45) is 0. The quantitative estimate of drug-likeness (QED) is 0.745. The average Bonchev–Trinajstić information content (AvgIpc) is 2.72. The summed E-state index contributed by atoms with van der Waals surface area (Å²) in [4.78, 5) is 28.7. The first kappa shape index (κ1) is 19.7. The minimum atomic E-state index is -0.660. The monoisotopic (exact) mass is 383 g/mol. The number of benzene rings is 2. The minimum absolute atomic E-state index is 0.0323. The van der Waals surface area contributed by atoms with Gasteiger partial charge < -0.3 is 25.0 Å². The van der Waals surface area contributed by atoms with E-state index in [-0.39, 0.29) is 11.3 Å². The van der Waals surface area contributed by atoms with Gasteiger partial charge in [-0.05, 0) is 49.0 Å². The summed E-state index contributed by atoms with van der Waals surface area (Å²) >= 11 is 0. The van der Waals surface area contributed by atoms with Gasteiger partial charge in [0.2, 0.25) is 0 Å². The second kappa shape index (κ2) is 9.23. The molecule has 1 aliphatic heterocycles. The Morgan fingerprint density at radius 2 is 1.79 bits per heavy atom. The zero-order valence-corrected chi connectivity index (χ0v) is 15.9. The van der Waals surface area contributed by atoms with Crippen molar-refractivity contribution in [3.8, 4) is 5.75 Å². The zero-order chi connectivity index (χ0) is 19.9. The number of likely N-dealkylation sites (N-methyl/N-ethyl adjacent to an activating group) is 1. The van der Waals surface area contributed by atoms with E-state index in [1.165, 1.54) is 24.3 Å². The molecular weight excluding hydrogens is 358 g/mol. The smallest absolute Gasteiger partial charge is 0.338 e. The molecule has 1 amide bonds. The van der Waals surface area contributed by atoms with Gasteiger partial charge in [0.25, 0.3) is 5.91 Å². The molecule has 7 nitrogen and oxygen atoms in total. The van der Waals surface area contributed by atoms with Crippen molar-refractivity contribution in [2.45, 2.75) is 6.92 Å². The van der Waals surface area contributed by atoms with Gasteiger partial charge in [-0.25, -0.2) is 4.79 Å². The second-order valence-corrected chi connectivity index (χ2v) is 6.64. The Labute approximate surface area is 164 Å². The lowest BCUT2D eigenvalue weighted by Gasteiger charge is -2.35. The number of ether oxygens (including phenoxy) is 1. The number of carbonyl (C=O) groups excluding carboxylic acids is 2. The van der Waals surface area contributed by atoms with Crippen molar-refractivity contribution in [2.75, 3.05) is 49.5 Å². The maximum atomic E-state index is 12.0. The van der Waals surface area contributed by atoms with Gasteiger partial charge in [-0.15, -0.1) is 0 Å². The molecule has 0 radical (unpaired) electrons. The highest BCUT2D eigenvalue weighted by Gasteiger charge is 2.16. The van der Waals surface area contributed by atoms with Crippen LogP contribution in [0.15, 0.2) is 48.5 Å². The van der Waals surface area contributed by atoms with Gasteiger partial charge >= 0.3 is 5.97 Å². The van der Waals surface area contributed by atoms with Crippen LogP contribution in [0.2, 0.25) is 0 Å². The summed E-state index contributed by atoms with van der Waals surface area (Å²) in [7, 11) is 0. The van der Waals surface area contributed by atoms with E-state index in [2.05, 4.69) is 22.0 Å². The summed E-state index contributed by atoms with van der Waals surface area (Å²) < 4.78 is 4.98. The first-order chi connectivity index (χ1) is 13.5. The summed E-state index contributed by atoms with van der Waals surface area (Å²) in [6.45, 7) is 6.95. The summed E-state index contributed by atoms with van der Waals surface area (Å²) in [5.41, 5.74) is 1.97. The molecule has 3 rings (SSSR count). The van der Waals surface area contributed by atoms with Crippen LogP contribution < -0.4 is 10.2 Å². The van der Waals surface area contributed by atoms with Crippen molar-refractivity contribution in [1.29, 1.82) is 0 Å². The first-order valence-corrected chi connectivity index (χ1v) is 9.38. The van der Waals surface area contributed by atoms with Gasteiger partial charge in [0.1, 0.15) is 5.75 Å². The molecule has 7 heteroatoms. The number of amides is 1. The number of nitrogens with zero attached hydrogens (tertiary/aromatic N) is 2. The molecule has 0 aromatic heterocycles. The van der Waals surface area contributed by atoms with E-state index < -0.39 is 18.5 Å². The highest BCUT2D eigenvalue weighted by molar-refractivity contribution is 5.95. The number of anilines is 2. The molecule has 1 heterocycles. The average molecular weight is 383 g/mol. The molecule has 0 spiro atoms. The maximum absolute atomic E-state index is 12.0. The van der Waals surface area contributed by atoms with Crippen molar-refractivity contribution in [3.05, 3.63) is 54.1 Å². The molecule has 2 aromatic carbocycles. The standard InChI is InChI=1S/C21H25N3O4/c1-2-23-10-12-24(13-11-23)18-8-6-17(7-9-18)22-20(26)15-28-21(27)16-4-3-5-19(25)14-16/h3-9,14,25H,2,10-13,15H2,1H3,(H,22,26). The third kappa shape index (κ3) is 5.23. The van der Waals surface area contributed by atoms with Crippen LogP contribution in [0.25, 0.3) is 0 Å². The number of carbonyl (C=O) groups is 2. The fourth-order valence-electron chi connectivity index (χ4n) is 3.12. The number of hydrogen-bond donors (Lipinski definition) is 2. The van der Waals surface area contributed by atoms with E-state index >= 15 is 0 Å². The Hall–Kier alpha value is -3.06. The summed E-state index contributed by atoms with van der Waals surface area (Å²) in [6, 6.07) is 13.4. The van der Waals surface area contributed by atoms with E-state index in [1.807, 2.05) is 24.3 Å². The fourth-order valence-corrected chi connectivity index (χ4v) is 3.12. The Bertz CT molecular complexity index is 815. The largest absolute Gasteiger partial charge is 0.508 e. The Kier molecular flexibility index (Phi) is 6.49. The van der Waals surface area contributed by atoms with Crippen LogP contribution in [0.3, 0.4) is 0 Å². The van der Waals surface area contributed by atoms with Gasteiger partial charge in [0.15, 0.2) is 6.61 Å². The molecule has 0 atom stereocenters. The van der Waals surface area contributed by atoms with Gasteiger partial charge in [-0.2, -0.15) is 0 Å². The third-order valence-corrected chi connectivity index (χ3v) is 4.75. The number of phenolic OH excluding ortho intramolecular Hbond substituents is 1. The molecule has 1 saturated heterocycles. The molecule has 2 aromatic rings. The second-order valence-electron chi connectivity index (χ2n) is 6.64. The molecule has 28 heavy (non-hydrogen) atoms. The molecule has 148 valence electrons. The SMILES string of the molecule is CCN1CCN(c2ccc(NC(=O)COC(=O)c3cccc(O)c3)cc2)CC1. The van der Waals surface area contributed by atoms with Gasteiger partial charge in [-0.1, -0.05) is 13.0 Å². The lowest BCUT2D eigenvalue weighted by molar-refractivity contribution is -0.119. The summed E-state index contributed by atoms with van der Waals surface area (Å²) in [5, 5.41) is 12.1. The molecule has 1 aliphatic rings. The van der Waals surface area contributed by atoms with Crippen LogP contribution in [-0.2, 0) is 9.53 Å². The van der Waals surface area contributed by atoms with E-state index in [9.17, 15) is 14.7 Å². The molecule has 2 N–H and O–H groups in total. The molecule has 1 fully saturated rings. The molecular formula is C21H25N3O4. The minimum Gasteiger partial charge on any atom is -0.508 e. The Balaban J connectivity index is 1.47. The number of aromatic hydroxyl groups is 1. The first-order valence-electron chi connectivity index (χ1n) is 9.38. The maximum Gasteiger partial charge on any atom is 0.338 e. The number of rotatable bonds is 6. The fraction of sp³-hybridized carbons (Fsp3) is 0.333. The van der Waals surface area contributed by atoms with Crippen molar-refractivity contribution in [1.82, 2.24) is 4.90 Å². The van der Waals surface area contributed by atoms with Gasteiger partial charge in [0, 0.05) is 37.6 Å². The zero-order valence-electron chi connectivity index (χ0n) is 15.9. The van der Waals surface area contributed by atoms with Crippen LogP contribution in [0.5, 0.6) is 5.75 Å². The van der Waals surface area contributed by atoms with Crippen LogP contribution >= 0.6 is 0 Å². The van der Waals surface area contributed by atoms with Crippen LogP contribution in [0.1, 0.15) is 17.3 Å². The summed E-state index contributed by atoms with van der Waals surface area (Å²) in [5.74, 6) is -1.11. The molecule has 0 aliphatic carbocycles. The van der Waals surface area contributed by atoms with Crippen molar-refractivity contribution >= 4 is 23.3 Å². The normalized spacial score (nSPS) is 14.5. The lowest BCUT2D eigenvalue weighted by atomic mass is 10.2. The number of phenols is 1. The predicted molar refractivity (Wildman–Crippen MR) is 108 cm³/mol. The van der Waals surface area contributed by atoms with Crippen LogP contribution in [0.4, 0.5) is 11.4 Å². The van der Waals surface area contributed by atoms with E-state index in [0.717, 1.165) is 38.4 Å². The van der Waals surface area contributed by atoms with E-state index in [1.54, 1.807) is 0 Å². The number of esters is 1. The number of piperazine rings is 1. The Morgan fingerprint density at radius 3 is 2.43 bits per heavy atom.